The molecule has 2 aliphatic heterocycles. The summed E-state index contributed by atoms with van der Waals surface area (Å²) in [5.41, 5.74) is 1.86. The molecule has 2 aromatic rings. The molecule has 62 heavy (non-hydrogen) atoms. The van der Waals surface area contributed by atoms with Gasteiger partial charge in [0.2, 0.25) is 17.7 Å². The van der Waals surface area contributed by atoms with Gasteiger partial charge in [0.25, 0.3) is 11.8 Å². The zero-order chi connectivity index (χ0) is 44.2. The van der Waals surface area contributed by atoms with Crippen LogP contribution in [0, 0.1) is 0 Å². The van der Waals surface area contributed by atoms with Crippen LogP contribution in [0.4, 0.5) is 11.4 Å². The smallest absolute Gasteiger partial charge is 0.338 e. The van der Waals surface area contributed by atoms with Crippen molar-refractivity contribution in [2.75, 3.05) is 116 Å². The molecule has 0 aliphatic carbocycles. The number of imide groups is 2. The van der Waals surface area contributed by atoms with Crippen LogP contribution in [0.2, 0.25) is 0 Å². The molecule has 18 heteroatoms. The Hall–Kier alpha value is -4.82. The summed E-state index contributed by atoms with van der Waals surface area (Å²) >= 11 is 0. The highest BCUT2D eigenvalue weighted by Gasteiger charge is 2.45. The summed E-state index contributed by atoms with van der Waals surface area (Å²) in [7, 11) is 0. The summed E-state index contributed by atoms with van der Waals surface area (Å²) in [5.74, 6) is -3.11. The number of nitrogens with zero attached hydrogens (tertiary/aromatic N) is 1. The van der Waals surface area contributed by atoms with Gasteiger partial charge in [-0.15, -0.1) is 0 Å². The lowest BCUT2D eigenvalue weighted by Crippen LogP contribution is -2.54. The summed E-state index contributed by atoms with van der Waals surface area (Å²) < 4.78 is 43.8. The number of rotatable bonds is 34. The van der Waals surface area contributed by atoms with Gasteiger partial charge >= 0.3 is 5.97 Å². The van der Waals surface area contributed by atoms with E-state index in [1.807, 2.05) is 12.1 Å². The molecular formula is C44H62N4O14. The largest absolute Gasteiger partial charge is 0.460 e. The molecule has 2 heterocycles. The van der Waals surface area contributed by atoms with Crippen molar-refractivity contribution < 1.29 is 66.7 Å². The molecular weight excluding hydrogens is 808 g/mol. The summed E-state index contributed by atoms with van der Waals surface area (Å²) in [4.78, 5) is 75.8. The lowest BCUT2D eigenvalue weighted by atomic mass is 10.0. The van der Waals surface area contributed by atoms with E-state index in [1.54, 1.807) is 24.3 Å². The molecule has 4 rings (SSSR count). The number of nitrogens with one attached hydrogen (secondary N) is 3. The molecule has 0 saturated carbocycles. The Kier molecular flexibility index (Phi) is 23.7. The standard InChI is InChI=1S/C44H62N4O14/c1-2-3-17-45-34-13-11-33(12-14-34)44(54)62-32-31-61-30-29-60-28-27-59-26-25-58-24-23-57-22-21-56-20-19-55-18-6-4-5-10-38(49)46-36-9-7-8-35-40(36)43(53)48(42(35)52)37-15-16-39(50)47-41(37)51/h7-9,11-14,37,45H,2-6,10,15-32H2,1H3,(H,46,49)(H,47,50,51). The lowest BCUT2D eigenvalue weighted by molar-refractivity contribution is -0.136. The van der Waals surface area contributed by atoms with Crippen LogP contribution in [0.3, 0.4) is 0 Å². The van der Waals surface area contributed by atoms with Gasteiger partial charge in [-0.3, -0.25) is 34.2 Å². The number of piperidine rings is 1. The SMILES string of the molecule is CCCCNc1ccc(C(=O)OCCOCCOCCOCCOCCOCCOCCOCCCCCC(=O)Nc2cccc3c2C(=O)N(C2CCC(=O)NC2=O)C3=O)cc1. The fraction of sp³-hybridized carbons (Fsp3) is 0.591. The Morgan fingerprint density at radius 2 is 1.23 bits per heavy atom. The second kappa shape index (κ2) is 29.5. The fourth-order valence-electron chi connectivity index (χ4n) is 6.33. The lowest BCUT2D eigenvalue weighted by Gasteiger charge is -2.27. The van der Waals surface area contributed by atoms with E-state index >= 15 is 0 Å². The molecule has 0 aromatic heterocycles. The van der Waals surface area contributed by atoms with Gasteiger partial charge in [0.1, 0.15) is 12.6 Å². The summed E-state index contributed by atoms with van der Waals surface area (Å²) in [5, 5.41) is 8.22. The van der Waals surface area contributed by atoms with Gasteiger partial charge in [0.15, 0.2) is 0 Å². The van der Waals surface area contributed by atoms with Crippen molar-refractivity contribution in [3.8, 4) is 0 Å². The van der Waals surface area contributed by atoms with Gasteiger partial charge < -0.3 is 48.5 Å². The first kappa shape index (κ1) is 49.8. The number of anilines is 2. The predicted octanol–water partition coefficient (Wildman–Crippen LogP) is 3.77. The van der Waals surface area contributed by atoms with E-state index in [0.29, 0.717) is 104 Å². The van der Waals surface area contributed by atoms with E-state index in [1.165, 1.54) is 6.07 Å². The third-order valence-corrected chi connectivity index (χ3v) is 9.61. The maximum atomic E-state index is 13.2. The first-order valence-electron chi connectivity index (χ1n) is 21.5. The molecule has 342 valence electrons. The van der Waals surface area contributed by atoms with Crippen LogP contribution in [0.25, 0.3) is 0 Å². The van der Waals surface area contributed by atoms with Crippen LogP contribution >= 0.6 is 0 Å². The van der Waals surface area contributed by atoms with Gasteiger partial charge in [-0.25, -0.2) is 4.79 Å². The van der Waals surface area contributed by atoms with E-state index in [0.717, 1.165) is 42.8 Å². The number of amides is 5. The predicted molar refractivity (Wildman–Crippen MR) is 226 cm³/mol. The van der Waals surface area contributed by atoms with Crippen molar-refractivity contribution >= 4 is 46.9 Å². The monoisotopic (exact) mass is 870 g/mol. The normalized spacial score (nSPS) is 14.9. The number of benzene rings is 2. The maximum absolute atomic E-state index is 13.2. The quantitative estimate of drug-likeness (QED) is 0.0519. The number of ether oxygens (including phenoxy) is 8. The molecule has 5 amide bonds. The number of carbonyl (C=O) groups is 6. The number of carbonyl (C=O) groups excluding carboxylic acids is 6. The second-order valence-electron chi connectivity index (χ2n) is 14.3. The van der Waals surface area contributed by atoms with Gasteiger partial charge in [-0.05, 0) is 62.1 Å². The van der Waals surface area contributed by atoms with Crippen molar-refractivity contribution in [1.29, 1.82) is 0 Å². The average Bonchev–Trinajstić information content (AvgIpc) is 3.52. The first-order chi connectivity index (χ1) is 30.3. The molecule has 1 atom stereocenters. The van der Waals surface area contributed by atoms with E-state index in [-0.39, 0.29) is 54.6 Å². The van der Waals surface area contributed by atoms with Crippen molar-refractivity contribution in [2.45, 2.75) is 64.3 Å². The molecule has 0 spiro atoms. The van der Waals surface area contributed by atoms with Crippen molar-refractivity contribution in [1.82, 2.24) is 10.2 Å². The number of hydrogen-bond donors (Lipinski definition) is 3. The van der Waals surface area contributed by atoms with Crippen LogP contribution in [0.1, 0.15) is 89.4 Å². The molecule has 1 saturated heterocycles. The van der Waals surface area contributed by atoms with Gasteiger partial charge in [-0.2, -0.15) is 0 Å². The minimum atomic E-state index is -1.08. The number of fused-ring (bicyclic) bond motifs is 1. The second-order valence-corrected chi connectivity index (χ2v) is 14.3. The molecule has 0 bridgehead atoms. The maximum Gasteiger partial charge on any atom is 0.338 e. The number of unbranched alkanes of at least 4 members (excludes halogenated alkanes) is 3. The third-order valence-electron chi connectivity index (χ3n) is 9.61. The molecule has 18 nitrogen and oxygen atoms in total. The van der Waals surface area contributed by atoms with Gasteiger partial charge in [0.05, 0.1) is 108 Å². The van der Waals surface area contributed by atoms with Crippen LogP contribution in [0.15, 0.2) is 42.5 Å². The van der Waals surface area contributed by atoms with E-state index < -0.39 is 29.7 Å². The summed E-state index contributed by atoms with van der Waals surface area (Å²) in [6, 6.07) is 10.8. The Labute approximate surface area is 362 Å². The average molecular weight is 871 g/mol. The zero-order valence-corrected chi connectivity index (χ0v) is 35.8. The molecule has 1 unspecified atom stereocenters. The minimum absolute atomic E-state index is 0.0253. The van der Waals surface area contributed by atoms with Crippen molar-refractivity contribution in [3.05, 3.63) is 59.2 Å². The fourth-order valence-corrected chi connectivity index (χ4v) is 6.33. The number of hydrogen-bond acceptors (Lipinski definition) is 15. The van der Waals surface area contributed by atoms with Crippen LogP contribution in [-0.2, 0) is 52.3 Å². The Morgan fingerprint density at radius 1 is 0.661 bits per heavy atom. The van der Waals surface area contributed by atoms with Crippen molar-refractivity contribution in [3.63, 3.8) is 0 Å². The van der Waals surface area contributed by atoms with Crippen LogP contribution < -0.4 is 16.0 Å². The van der Waals surface area contributed by atoms with Crippen LogP contribution in [0.5, 0.6) is 0 Å². The van der Waals surface area contributed by atoms with Gasteiger partial charge in [0, 0.05) is 31.7 Å². The highest BCUT2D eigenvalue weighted by Crippen LogP contribution is 2.32. The minimum Gasteiger partial charge on any atom is -0.460 e. The Bertz CT molecular complexity index is 1710. The van der Waals surface area contributed by atoms with Gasteiger partial charge in [-0.1, -0.05) is 25.8 Å². The molecule has 3 N–H and O–H groups in total. The first-order valence-corrected chi connectivity index (χ1v) is 21.5. The summed E-state index contributed by atoms with van der Waals surface area (Å²) in [6.45, 7) is 9.24. The van der Waals surface area contributed by atoms with E-state index in [4.69, 9.17) is 37.9 Å². The van der Waals surface area contributed by atoms with E-state index in [2.05, 4.69) is 22.9 Å². The third kappa shape index (κ3) is 17.9. The molecule has 2 aliphatic rings. The highest BCUT2D eigenvalue weighted by atomic mass is 16.6. The molecule has 0 radical (unpaired) electrons. The molecule has 2 aromatic carbocycles. The topological polar surface area (TPSA) is 216 Å². The van der Waals surface area contributed by atoms with Crippen LogP contribution in [-0.4, -0.2) is 152 Å². The van der Waals surface area contributed by atoms with E-state index in [9.17, 15) is 28.8 Å². The molecule has 1 fully saturated rings. The highest BCUT2D eigenvalue weighted by molar-refractivity contribution is 6.26. The Morgan fingerprint density at radius 3 is 1.79 bits per heavy atom. The Balaban J connectivity index is 0.853. The zero-order valence-electron chi connectivity index (χ0n) is 35.8. The summed E-state index contributed by atoms with van der Waals surface area (Å²) in [6.07, 6.45) is 4.64. The number of esters is 1. The van der Waals surface area contributed by atoms with Crippen molar-refractivity contribution in [2.24, 2.45) is 0 Å².